The number of esters is 1. The molecule has 0 aliphatic rings. The van der Waals surface area contributed by atoms with Gasteiger partial charge in [-0.2, -0.15) is 0 Å². The van der Waals surface area contributed by atoms with Crippen molar-refractivity contribution in [3.8, 4) is 0 Å². The monoisotopic (exact) mass is 187 g/mol. The Labute approximate surface area is 76.5 Å². The first-order valence-corrected chi connectivity index (χ1v) is 4.06. The zero-order chi connectivity index (χ0) is 10.1. The molecule has 0 heterocycles. The second kappa shape index (κ2) is 7.27. The fourth-order valence-corrected chi connectivity index (χ4v) is 0.741. The summed E-state index contributed by atoms with van der Waals surface area (Å²) in [6.07, 6.45) is 4.58. The SMILES string of the molecule is CC(=O)OCCCC/C=C/[N+](=O)[O-]. The van der Waals surface area contributed by atoms with E-state index in [0.29, 0.717) is 13.0 Å². The first-order chi connectivity index (χ1) is 6.13. The van der Waals surface area contributed by atoms with E-state index >= 15 is 0 Å². The van der Waals surface area contributed by atoms with Gasteiger partial charge in [0.05, 0.1) is 11.5 Å². The average molecular weight is 187 g/mol. The van der Waals surface area contributed by atoms with Crippen molar-refractivity contribution < 1.29 is 14.5 Å². The summed E-state index contributed by atoms with van der Waals surface area (Å²) in [5.41, 5.74) is 0. The topological polar surface area (TPSA) is 69.4 Å². The minimum Gasteiger partial charge on any atom is -0.466 e. The van der Waals surface area contributed by atoms with Crippen molar-refractivity contribution >= 4 is 5.97 Å². The summed E-state index contributed by atoms with van der Waals surface area (Å²) in [6.45, 7) is 1.74. The van der Waals surface area contributed by atoms with Crippen LogP contribution in [-0.2, 0) is 9.53 Å². The molecule has 0 aliphatic heterocycles. The van der Waals surface area contributed by atoms with E-state index in [4.69, 9.17) is 0 Å². The third kappa shape index (κ3) is 10.6. The zero-order valence-electron chi connectivity index (χ0n) is 7.56. The molecule has 0 aromatic rings. The minimum absolute atomic E-state index is 0.291. The summed E-state index contributed by atoms with van der Waals surface area (Å²) in [4.78, 5) is 19.6. The second-order valence-corrected chi connectivity index (χ2v) is 2.51. The molecule has 0 rings (SSSR count). The first-order valence-electron chi connectivity index (χ1n) is 4.06. The molecule has 0 N–H and O–H groups in total. The van der Waals surface area contributed by atoms with E-state index in [9.17, 15) is 14.9 Å². The summed E-state index contributed by atoms with van der Waals surface area (Å²) in [6, 6.07) is 0. The van der Waals surface area contributed by atoms with Gasteiger partial charge in [-0.25, -0.2) is 0 Å². The largest absolute Gasteiger partial charge is 0.466 e. The Hall–Kier alpha value is -1.39. The fraction of sp³-hybridized carbons (Fsp3) is 0.625. The lowest BCUT2D eigenvalue weighted by Gasteiger charge is -1.98. The Balaban J connectivity index is 3.17. The van der Waals surface area contributed by atoms with Gasteiger partial charge >= 0.3 is 5.97 Å². The van der Waals surface area contributed by atoms with Gasteiger partial charge in [-0.15, -0.1) is 0 Å². The van der Waals surface area contributed by atoms with Crippen LogP contribution in [0.3, 0.4) is 0 Å². The van der Waals surface area contributed by atoms with E-state index in [0.717, 1.165) is 19.0 Å². The quantitative estimate of drug-likeness (QED) is 0.273. The van der Waals surface area contributed by atoms with E-state index in [-0.39, 0.29) is 5.97 Å². The number of carbonyl (C=O) groups is 1. The van der Waals surface area contributed by atoms with E-state index in [1.165, 1.54) is 13.0 Å². The zero-order valence-corrected chi connectivity index (χ0v) is 7.56. The standard InChI is InChI=1S/C8H13NO4/c1-8(10)13-7-5-3-2-4-6-9(11)12/h4,6H,2-3,5,7H2,1H3/b6-4+. The highest BCUT2D eigenvalue weighted by Crippen LogP contribution is 1.97. The van der Waals surface area contributed by atoms with Crippen molar-refractivity contribution in [3.63, 3.8) is 0 Å². The molecule has 0 radical (unpaired) electrons. The van der Waals surface area contributed by atoms with Gasteiger partial charge in [0.2, 0.25) is 6.20 Å². The summed E-state index contributed by atoms with van der Waals surface area (Å²) in [7, 11) is 0. The van der Waals surface area contributed by atoms with Gasteiger partial charge in [-0.3, -0.25) is 14.9 Å². The normalized spacial score (nSPS) is 10.2. The van der Waals surface area contributed by atoms with Gasteiger partial charge in [0.15, 0.2) is 0 Å². The van der Waals surface area contributed by atoms with Crippen LogP contribution in [0.4, 0.5) is 0 Å². The Morgan fingerprint density at radius 1 is 1.54 bits per heavy atom. The molecule has 0 saturated heterocycles. The van der Waals surface area contributed by atoms with E-state index in [1.54, 1.807) is 0 Å². The van der Waals surface area contributed by atoms with Crippen LogP contribution in [0.25, 0.3) is 0 Å². The molecule has 0 saturated carbocycles. The molecule has 5 nitrogen and oxygen atoms in total. The van der Waals surface area contributed by atoms with Crippen molar-refractivity contribution in [2.75, 3.05) is 6.61 Å². The lowest BCUT2D eigenvalue weighted by molar-refractivity contribution is -0.402. The predicted octanol–water partition coefficient (Wildman–Crippen LogP) is 1.51. The molecule has 0 fully saturated rings. The Bertz CT molecular complexity index is 200. The van der Waals surface area contributed by atoms with Crippen LogP contribution in [0.15, 0.2) is 12.3 Å². The molecular weight excluding hydrogens is 174 g/mol. The molecule has 0 spiro atoms. The van der Waals surface area contributed by atoms with Crippen LogP contribution in [0, 0.1) is 10.1 Å². The Morgan fingerprint density at radius 3 is 2.77 bits per heavy atom. The minimum atomic E-state index is -0.494. The number of unbranched alkanes of at least 4 members (excludes halogenated alkanes) is 2. The number of ether oxygens (including phenoxy) is 1. The number of nitrogens with zero attached hydrogens (tertiary/aromatic N) is 1. The number of rotatable bonds is 6. The molecule has 0 amide bonds. The second-order valence-electron chi connectivity index (χ2n) is 2.51. The number of carbonyl (C=O) groups excluding carboxylic acids is 1. The molecule has 0 aliphatic carbocycles. The molecule has 13 heavy (non-hydrogen) atoms. The highest BCUT2D eigenvalue weighted by atomic mass is 16.6. The maximum atomic E-state index is 10.3. The molecule has 5 heteroatoms. The fourth-order valence-electron chi connectivity index (χ4n) is 0.741. The van der Waals surface area contributed by atoms with Crippen LogP contribution in [0.2, 0.25) is 0 Å². The third-order valence-electron chi connectivity index (χ3n) is 1.30. The number of hydrogen-bond acceptors (Lipinski definition) is 4. The molecule has 0 bridgehead atoms. The van der Waals surface area contributed by atoms with Crippen molar-refractivity contribution in [1.82, 2.24) is 0 Å². The van der Waals surface area contributed by atoms with Crippen molar-refractivity contribution in [3.05, 3.63) is 22.4 Å². The van der Waals surface area contributed by atoms with E-state index in [1.807, 2.05) is 0 Å². The highest BCUT2D eigenvalue weighted by Gasteiger charge is 1.92. The van der Waals surface area contributed by atoms with Crippen LogP contribution in [0.1, 0.15) is 26.2 Å². The molecule has 0 unspecified atom stereocenters. The van der Waals surface area contributed by atoms with Gasteiger partial charge in [-0.1, -0.05) is 0 Å². The summed E-state index contributed by atoms with van der Waals surface area (Å²) >= 11 is 0. The van der Waals surface area contributed by atoms with Gasteiger partial charge in [-0.05, 0) is 25.3 Å². The van der Waals surface area contributed by atoms with E-state index in [2.05, 4.69) is 4.74 Å². The number of allylic oxidation sites excluding steroid dienone is 1. The van der Waals surface area contributed by atoms with Gasteiger partial charge < -0.3 is 4.74 Å². The van der Waals surface area contributed by atoms with Gasteiger partial charge in [0.25, 0.3) is 0 Å². The summed E-state index contributed by atoms with van der Waals surface area (Å²) in [5.74, 6) is -0.291. The molecule has 0 atom stereocenters. The molecule has 74 valence electrons. The highest BCUT2D eigenvalue weighted by molar-refractivity contribution is 5.65. The average Bonchev–Trinajstić information content (AvgIpc) is 2.01. The van der Waals surface area contributed by atoms with Crippen molar-refractivity contribution in [1.29, 1.82) is 0 Å². The third-order valence-corrected chi connectivity index (χ3v) is 1.30. The van der Waals surface area contributed by atoms with E-state index < -0.39 is 4.92 Å². The van der Waals surface area contributed by atoms with Crippen molar-refractivity contribution in [2.45, 2.75) is 26.2 Å². The first kappa shape index (κ1) is 11.6. The maximum absolute atomic E-state index is 10.3. The number of hydrogen-bond donors (Lipinski definition) is 0. The van der Waals surface area contributed by atoms with Gasteiger partial charge in [0, 0.05) is 6.92 Å². The lowest BCUT2D eigenvalue weighted by atomic mass is 10.2. The molecular formula is C8H13NO4. The summed E-state index contributed by atoms with van der Waals surface area (Å²) in [5, 5.41) is 9.83. The Kier molecular flexibility index (Phi) is 6.49. The smallest absolute Gasteiger partial charge is 0.302 e. The molecule has 0 aromatic heterocycles. The number of nitro groups is 1. The van der Waals surface area contributed by atoms with Crippen molar-refractivity contribution in [2.24, 2.45) is 0 Å². The predicted molar refractivity (Wildman–Crippen MR) is 46.6 cm³/mol. The van der Waals surface area contributed by atoms with Crippen LogP contribution >= 0.6 is 0 Å². The van der Waals surface area contributed by atoms with Crippen LogP contribution in [-0.4, -0.2) is 17.5 Å². The summed E-state index contributed by atoms with van der Waals surface area (Å²) < 4.78 is 4.67. The molecule has 0 aromatic carbocycles. The van der Waals surface area contributed by atoms with Crippen LogP contribution in [0.5, 0.6) is 0 Å². The van der Waals surface area contributed by atoms with Crippen LogP contribution < -0.4 is 0 Å². The lowest BCUT2D eigenvalue weighted by Crippen LogP contribution is -1.99. The maximum Gasteiger partial charge on any atom is 0.302 e. The Morgan fingerprint density at radius 2 is 2.23 bits per heavy atom. The van der Waals surface area contributed by atoms with Gasteiger partial charge in [0.1, 0.15) is 0 Å².